The quantitative estimate of drug-likeness (QED) is 0.343. The number of carbonyl (C=O) groups is 1. The number of carbonyl (C=O) groups excluding carboxylic acids is 1. The molecule has 0 aliphatic heterocycles. The van der Waals surface area contributed by atoms with Crippen molar-refractivity contribution in [3.63, 3.8) is 0 Å². The van der Waals surface area contributed by atoms with Crippen LogP contribution in [-0.4, -0.2) is 61.4 Å². The van der Waals surface area contributed by atoms with E-state index in [1.165, 1.54) is 0 Å². The number of aromatic nitrogens is 2. The summed E-state index contributed by atoms with van der Waals surface area (Å²) < 4.78 is 11.9. The summed E-state index contributed by atoms with van der Waals surface area (Å²) in [6, 6.07) is 13.2. The van der Waals surface area contributed by atoms with Crippen molar-refractivity contribution in [3.05, 3.63) is 59.4 Å². The van der Waals surface area contributed by atoms with E-state index in [1.807, 2.05) is 58.4 Å². The smallest absolute Gasteiger partial charge is 0.295 e. The Morgan fingerprint density at radius 1 is 1.10 bits per heavy atom. The zero-order chi connectivity index (χ0) is 22.4. The van der Waals surface area contributed by atoms with Gasteiger partial charge in [0.1, 0.15) is 6.61 Å². The standard InChI is InChI=1S/C23H27N5O3/c1-16-20(26-19-9-7-6-8-18(19)25-16)15-31-21-11-10-17(12-22(21)30-5)13-24-27-23(29)14-28(2,3)4/h6-13H,14-15H2,1-5H3/p+1/b24-13-. The zero-order valence-corrected chi connectivity index (χ0v) is 18.5. The zero-order valence-electron chi connectivity index (χ0n) is 18.5. The van der Waals surface area contributed by atoms with Crippen LogP contribution in [0.4, 0.5) is 0 Å². The third-order valence-electron chi connectivity index (χ3n) is 4.42. The maximum atomic E-state index is 11.9. The highest BCUT2D eigenvalue weighted by atomic mass is 16.5. The Labute approximate surface area is 182 Å². The number of nitrogens with zero attached hydrogens (tertiary/aromatic N) is 4. The Hall–Kier alpha value is -3.52. The number of hydrazone groups is 1. The van der Waals surface area contributed by atoms with Gasteiger partial charge in [-0.25, -0.2) is 15.4 Å². The van der Waals surface area contributed by atoms with Crippen LogP contribution in [0.1, 0.15) is 17.0 Å². The third kappa shape index (κ3) is 6.23. The third-order valence-corrected chi connectivity index (χ3v) is 4.42. The van der Waals surface area contributed by atoms with E-state index in [2.05, 4.69) is 20.5 Å². The number of benzene rings is 2. The van der Waals surface area contributed by atoms with Crippen LogP contribution in [-0.2, 0) is 11.4 Å². The summed E-state index contributed by atoms with van der Waals surface area (Å²) in [6.07, 6.45) is 1.57. The van der Waals surface area contributed by atoms with Gasteiger partial charge in [0.2, 0.25) is 0 Å². The molecule has 0 saturated heterocycles. The number of nitrogens with one attached hydrogen (secondary N) is 1. The van der Waals surface area contributed by atoms with Crippen LogP contribution < -0.4 is 14.9 Å². The molecule has 0 spiro atoms. The molecule has 2 aromatic carbocycles. The molecule has 1 N–H and O–H groups in total. The molecule has 1 aromatic heterocycles. The maximum Gasteiger partial charge on any atom is 0.295 e. The molecule has 31 heavy (non-hydrogen) atoms. The summed E-state index contributed by atoms with van der Waals surface area (Å²) >= 11 is 0. The number of para-hydroxylation sites is 2. The van der Waals surface area contributed by atoms with Crippen LogP contribution in [0.15, 0.2) is 47.6 Å². The monoisotopic (exact) mass is 422 g/mol. The number of rotatable bonds is 8. The summed E-state index contributed by atoms with van der Waals surface area (Å²) in [5, 5.41) is 4.02. The normalized spacial score (nSPS) is 11.6. The highest BCUT2D eigenvalue weighted by molar-refractivity contribution is 5.83. The Morgan fingerprint density at radius 3 is 2.48 bits per heavy atom. The Balaban J connectivity index is 1.67. The van der Waals surface area contributed by atoms with Gasteiger partial charge in [0.05, 0.1) is 56.9 Å². The predicted molar refractivity (Wildman–Crippen MR) is 120 cm³/mol. The van der Waals surface area contributed by atoms with Crippen molar-refractivity contribution in [2.24, 2.45) is 5.10 Å². The number of methoxy groups -OCH3 is 1. The highest BCUT2D eigenvalue weighted by Crippen LogP contribution is 2.28. The van der Waals surface area contributed by atoms with Crippen LogP contribution in [0.3, 0.4) is 0 Å². The molecule has 0 fully saturated rings. The maximum absolute atomic E-state index is 11.9. The molecule has 3 rings (SSSR count). The summed E-state index contributed by atoms with van der Waals surface area (Å²) in [6.45, 7) is 2.53. The summed E-state index contributed by atoms with van der Waals surface area (Å²) in [5.74, 6) is 0.999. The number of hydrogen-bond donors (Lipinski definition) is 1. The van der Waals surface area contributed by atoms with E-state index >= 15 is 0 Å². The summed E-state index contributed by atoms with van der Waals surface area (Å²) in [4.78, 5) is 21.1. The SMILES string of the molecule is COc1cc(/C=N\NC(=O)C[N+](C)(C)C)ccc1OCc1nc2ccccc2nc1C. The van der Waals surface area contributed by atoms with Gasteiger partial charge in [-0.2, -0.15) is 5.10 Å². The number of aryl methyl sites for hydroxylation is 1. The number of quaternary nitrogens is 1. The fourth-order valence-corrected chi connectivity index (χ4v) is 2.94. The van der Waals surface area contributed by atoms with Crippen molar-refractivity contribution >= 4 is 23.2 Å². The van der Waals surface area contributed by atoms with Crippen molar-refractivity contribution < 1.29 is 18.8 Å². The lowest BCUT2D eigenvalue weighted by Crippen LogP contribution is -2.43. The lowest BCUT2D eigenvalue weighted by atomic mass is 10.2. The molecule has 0 bridgehead atoms. The molecule has 1 amide bonds. The summed E-state index contributed by atoms with van der Waals surface area (Å²) in [7, 11) is 7.40. The molecule has 1 heterocycles. The van der Waals surface area contributed by atoms with Gasteiger partial charge in [0, 0.05) is 0 Å². The fraction of sp³-hybridized carbons (Fsp3) is 0.304. The van der Waals surface area contributed by atoms with Crippen molar-refractivity contribution in [1.29, 1.82) is 0 Å². The molecule has 8 nitrogen and oxygen atoms in total. The first kappa shape index (κ1) is 22.2. The average Bonchev–Trinajstić information content (AvgIpc) is 2.71. The molecule has 0 aliphatic rings. The van der Waals surface area contributed by atoms with Gasteiger partial charge < -0.3 is 14.0 Å². The average molecular weight is 423 g/mol. The minimum atomic E-state index is -0.150. The topological polar surface area (TPSA) is 85.7 Å². The molecule has 0 unspecified atom stereocenters. The number of likely N-dealkylation sites (N-methyl/N-ethyl adjacent to an activating group) is 1. The minimum absolute atomic E-state index is 0.150. The Morgan fingerprint density at radius 2 is 1.81 bits per heavy atom. The summed E-state index contributed by atoms with van der Waals surface area (Å²) in [5.41, 5.74) is 6.59. The first-order valence-corrected chi connectivity index (χ1v) is 9.90. The largest absolute Gasteiger partial charge is 0.493 e. The van der Waals surface area contributed by atoms with Crippen LogP contribution in [0, 0.1) is 6.92 Å². The molecule has 8 heteroatoms. The Kier molecular flexibility index (Phi) is 6.81. The van der Waals surface area contributed by atoms with E-state index in [4.69, 9.17) is 9.47 Å². The number of fused-ring (bicyclic) bond motifs is 1. The predicted octanol–water partition coefficient (Wildman–Crippen LogP) is 2.68. The molecular weight excluding hydrogens is 394 g/mol. The van der Waals surface area contributed by atoms with E-state index < -0.39 is 0 Å². The van der Waals surface area contributed by atoms with Crippen molar-refractivity contribution in [2.45, 2.75) is 13.5 Å². The molecule has 0 aliphatic carbocycles. The van der Waals surface area contributed by atoms with Crippen molar-refractivity contribution in [1.82, 2.24) is 15.4 Å². The van der Waals surface area contributed by atoms with Gasteiger partial charge in [-0.3, -0.25) is 4.79 Å². The van der Waals surface area contributed by atoms with Crippen molar-refractivity contribution in [2.75, 3.05) is 34.8 Å². The number of ether oxygens (including phenoxy) is 2. The van der Waals surface area contributed by atoms with Gasteiger partial charge >= 0.3 is 0 Å². The van der Waals surface area contributed by atoms with Crippen LogP contribution >= 0.6 is 0 Å². The second-order valence-electron chi connectivity index (χ2n) is 8.19. The van der Waals surface area contributed by atoms with E-state index in [0.29, 0.717) is 22.5 Å². The molecule has 0 radical (unpaired) electrons. The van der Waals surface area contributed by atoms with Gasteiger partial charge in [0.25, 0.3) is 5.91 Å². The van der Waals surface area contributed by atoms with E-state index in [9.17, 15) is 4.79 Å². The molecule has 0 saturated carbocycles. The van der Waals surface area contributed by atoms with E-state index in [0.717, 1.165) is 28.0 Å². The lowest BCUT2D eigenvalue weighted by Gasteiger charge is -2.21. The molecule has 162 valence electrons. The van der Waals surface area contributed by atoms with Crippen LogP contribution in [0.2, 0.25) is 0 Å². The van der Waals surface area contributed by atoms with Gasteiger partial charge in [-0.1, -0.05) is 12.1 Å². The van der Waals surface area contributed by atoms with Crippen LogP contribution in [0.25, 0.3) is 11.0 Å². The number of hydrogen-bond acceptors (Lipinski definition) is 6. The van der Waals surface area contributed by atoms with Gasteiger partial charge in [-0.15, -0.1) is 0 Å². The second-order valence-corrected chi connectivity index (χ2v) is 8.19. The Bertz CT molecular complexity index is 1110. The molecule has 0 atom stereocenters. The van der Waals surface area contributed by atoms with E-state index in [-0.39, 0.29) is 12.5 Å². The first-order chi connectivity index (χ1) is 14.7. The lowest BCUT2D eigenvalue weighted by molar-refractivity contribution is -0.862. The molecular formula is C23H28N5O3+. The minimum Gasteiger partial charge on any atom is -0.493 e. The molecule has 3 aromatic rings. The van der Waals surface area contributed by atoms with Gasteiger partial charge in [0.15, 0.2) is 18.0 Å². The fourth-order valence-electron chi connectivity index (χ4n) is 2.94. The number of amides is 1. The highest BCUT2D eigenvalue weighted by Gasteiger charge is 2.13. The second kappa shape index (κ2) is 9.53. The van der Waals surface area contributed by atoms with Crippen molar-refractivity contribution in [3.8, 4) is 11.5 Å². The van der Waals surface area contributed by atoms with E-state index in [1.54, 1.807) is 25.5 Å². The van der Waals surface area contributed by atoms with Crippen LogP contribution in [0.5, 0.6) is 11.5 Å². The van der Waals surface area contributed by atoms with Gasteiger partial charge in [-0.05, 0) is 42.8 Å². The first-order valence-electron chi connectivity index (χ1n) is 9.90.